The van der Waals surface area contributed by atoms with Gasteiger partial charge in [-0.25, -0.2) is 9.59 Å². The quantitative estimate of drug-likeness (QED) is 0.111. The van der Waals surface area contributed by atoms with Gasteiger partial charge in [-0.1, -0.05) is 37.6 Å². The van der Waals surface area contributed by atoms with Crippen LogP contribution in [0.4, 0.5) is 0 Å². The summed E-state index contributed by atoms with van der Waals surface area (Å²) in [7, 11) is 2.64. The number of nitrogens with zero attached hydrogens (tertiary/aromatic N) is 5. The minimum atomic E-state index is -0.483. The molecule has 0 saturated heterocycles. The number of rotatable bonds is 8. The Morgan fingerprint density at radius 1 is 0.706 bits per heavy atom. The SMILES string of the molecule is C.CCC(=O)c1ccnc(Cc2cc(C#N)c3ncc(Cl)cc3c2)c1.COC(=O)c1ccnc(Cc2cc(C(=O)OC)c3ncc(Cl)cc3c2)c1. The number of carbonyl (C=O) groups excluding carboxylic acids is 3. The van der Waals surface area contributed by atoms with Crippen LogP contribution in [-0.4, -0.2) is 51.9 Å². The molecule has 0 bridgehead atoms. The first-order valence-corrected chi connectivity index (χ1v) is 16.0. The maximum atomic E-state index is 12.1. The first-order chi connectivity index (χ1) is 24.1. The van der Waals surface area contributed by atoms with Gasteiger partial charge in [0.15, 0.2) is 5.78 Å². The van der Waals surface area contributed by atoms with Gasteiger partial charge >= 0.3 is 11.9 Å². The van der Waals surface area contributed by atoms with Gasteiger partial charge < -0.3 is 9.47 Å². The van der Waals surface area contributed by atoms with E-state index < -0.39 is 11.9 Å². The Balaban J connectivity index is 0.000000225. The number of methoxy groups -OCH3 is 2. The maximum Gasteiger partial charge on any atom is 0.340 e. The fourth-order valence-corrected chi connectivity index (χ4v) is 5.65. The van der Waals surface area contributed by atoms with Crippen molar-refractivity contribution in [3.05, 3.63) is 140 Å². The molecule has 0 radical (unpaired) electrons. The second kappa shape index (κ2) is 17.3. The lowest BCUT2D eigenvalue weighted by Crippen LogP contribution is -2.06. The van der Waals surface area contributed by atoms with Crippen LogP contribution in [0.3, 0.4) is 0 Å². The zero-order chi connectivity index (χ0) is 35.8. The molecule has 4 aromatic heterocycles. The molecule has 10 nitrogen and oxygen atoms in total. The van der Waals surface area contributed by atoms with Gasteiger partial charge in [0.05, 0.1) is 52.0 Å². The summed E-state index contributed by atoms with van der Waals surface area (Å²) in [6.45, 7) is 1.84. The van der Waals surface area contributed by atoms with E-state index in [0.717, 1.165) is 27.6 Å². The molecule has 0 aliphatic rings. The normalized spacial score (nSPS) is 10.4. The van der Waals surface area contributed by atoms with Gasteiger partial charge in [-0.15, -0.1) is 0 Å². The summed E-state index contributed by atoms with van der Waals surface area (Å²) in [5, 5.41) is 11.9. The highest BCUT2D eigenvalue weighted by Gasteiger charge is 2.15. The third-order valence-electron chi connectivity index (χ3n) is 7.61. The summed E-state index contributed by atoms with van der Waals surface area (Å²) < 4.78 is 9.58. The number of aromatic nitrogens is 4. The molecule has 2 aromatic carbocycles. The number of pyridine rings is 4. The molecule has 0 amide bonds. The Morgan fingerprint density at radius 3 is 1.80 bits per heavy atom. The Hall–Kier alpha value is -5.76. The molecule has 0 aliphatic carbocycles. The van der Waals surface area contributed by atoms with Gasteiger partial charge in [0, 0.05) is 71.8 Å². The fraction of sp³-hybridized carbons (Fsp3) is 0.179. The van der Waals surface area contributed by atoms with Crippen molar-refractivity contribution in [1.82, 2.24) is 19.9 Å². The van der Waals surface area contributed by atoms with Crippen molar-refractivity contribution in [3.63, 3.8) is 0 Å². The number of halogens is 2. The number of hydrogen-bond acceptors (Lipinski definition) is 10. The fourth-order valence-electron chi connectivity index (χ4n) is 5.32. The number of ketones is 1. The molecule has 0 spiro atoms. The van der Waals surface area contributed by atoms with E-state index in [2.05, 4.69) is 26.0 Å². The average molecular weight is 723 g/mol. The Bertz CT molecular complexity index is 2310. The van der Waals surface area contributed by atoms with Gasteiger partial charge in [0.25, 0.3) is 0 Å². The van der Waals surface area contributed by atoms with Crippen molar-refractivity contribution in [2.75, 3.05) is 14.2 Å². The molecular formula is C39H33Cl2N5O5. The lowest BCUT2D eigenvalue weighted by molar-refractivity contribution is 0.0592. The van der Waals surface area contributed by atoms with Crippen LogP contribution in [0, 0.1) is 11.3 Å². The lowest BCUT2D eigenvalue weighted by atomic mass is 10.0. The molecule has 0 fully saturated rings. The number of benzene rings is 2. The van der Waals surface area contributed by atoms with Crippen molar-refractivity contribution in [1.29, 1.82) is 5.26 Å². The largest absolute Gasteiger partial charge is 0.465 e. The highest BCUT2D eigenvalue weighted by Crippen LogP contribution is 2.25. The summed E-state index contributed by atoms with van der Waals surface area (Å²) in [5.74, 6) is -0.827. The van der Waals surface area contributed by atoms with Crippen molar-refractivity contribution >= 4 is 62.7 Å². The van der Waals surface area contributed by atoms with Crippen LogP contribution >= 0.6 is 23.2 Å². The highest BCUT2D eigenvalue weighted by molar-refractivity contribution is 6.31. The van der Waals surface area contributed by atoms with Gasteiger partial charge in [0.2, 0.25) is 0 Å². The van der Waals surface area contributed by atoms with E-state index in [1.54, 1.807) is 60.9 Å². The van der Waals surface area contributed by atoms with Gasteiger partial charge in [-0.2, -0.15) is 5.26 Å². The number of Topliss-reactive ketones (excluding diaryl/α,β-unsaturated/α-hetero) is 1. The van der Waals surface area contributed by atoms with Crippen LogP contribution in [0.5, 0.6) is 0 Å². The van der Waals surface area contributed by atoms with E-state index in [1.807, 2.05) is 19.1 Å². The van der Waals surface area contributed by atoms with Gasteiger partial charge in [-0.3, -0.25) is 24.7 Å². The van der Waals surface area contributed by atoms with E-state index in [1.165, 1.54) is 26.6 Å². The molecule has 12 heteroatoms. The van der Waals surface area contributed by atoms with Crippen molar-refractivity contribution in [2.45, 2.75) is 33.6 Å². The standard InChI is InChI=1S/C19H14ClN3O.C19H15ClN2O4.CH4/c1-2-18(24)13-3-4-22-17(9-13)7-12-5-14-8-16(20)11-23-19(14)15(6-12)10-21;1-25-18(23)12-3-4-21-15(9-12)6-11-5-13-8-14(20)10-22-17(13)16(7-11)19(24)26-2;/h3-6,8-9,11H,2,7H2,1H3;3-5,7-10H,6H2,1-2H3;1H4. The number of ether oxygens (including phenoxy) is 2. The van der Waals surface area contributed by atoms with Gasteiger partial charge in [-0.05, 0) is 71.8 Å². The summed E-state index contributed by atoms with van der Waals surface area (Å²) in [6.07, 6.45) is 7.61. The van der Waals surface area contributed by atoms with Crippen LogP contribution < -0.4 is 0 Å². The van der Waals surface area contributed by atoms with E-state index >= 15 is 0 Å². The van der Waals surface area contributed by atoms with Crippen LogP contribution in [0.2, 0.25) is 10.0 Å². The van der Waals surface area contributed by atoms with Crippen molar-refractivity contribution < 1.29 is 23.9 Å². The zero-order valence-electron chi connectivity index (χ0n) is 27.2. The van der Waals surface area contributed by atoms with E-state index in [-0.39, 0.29) is 13.2 Å². The molecule has 6 rings (SSSR count). The van der Waals surface area contributed by atoms with Gasteiger partial charge in [0.1, 0.15) is 6.07 Å². The number of carbonyl (C=O) groups is 3. The number of esters is 2. The molecule has 0 N–H and O–H groups in total. The molecule has 0 aliphatic heterocycles. The first-order valence-electron chi connectivity index (χ1n) is 15.3. The number of hydrogen-bond donors (Lipinski definition) is 0. The Morgan fingerprint density at radius 2 is 1.24 bits per heavy atom. The summed E-state index contributed by atoms with van der Waals surface area (Å²) in [4.78, 5) is 52.7. The number of nitriles is 1. The third-order valence-corrected chi connectivity index (χ3v) is 8.03. The lowest BCUT2D eigenvalue weighted by Gasteiger charge is -2.09. The molecule has 258 valence electrons. The Kier molecular flexibility index (Phi) is 12.9. The van der Waals surface area contributed by atoms with E-state index in [9.17, 15) is 19.6 Å². The minimum Gasteiger partial charge on any atom is -0.465 e. The summed E-state index contributed by atoms with van der Waals surface area (Å²) in [5.41, 5.74) is 6.26. The van der Waals surface area contributed by atoms with E-state index in [4.69, 9.17) is 32.7 Å². The molecule has 0 saturated carbocycles. The van der Waals surface area contributed by atoms with Crippen LogP contribution in [-0.2, 0) is 22.3 Å². The third kappa shape index (κ3) is 9.28. The number of fused-ring (bicyclic) bond motifs is 2. The second-order valence-corrected chi connectivity index (χ2v) is 11.9. The minimum absolute atomic E-state index is 0. The van der Waals surface area contributed by atoms with Crippen molar-refractivity contribution in [3.8, 4) is 6.07 Å². The monoisotopic (exact) mass is 721 g/mol. The molecule has 4 heterocycles. The maximum absolute atomic E-state index is 12.1. The molecule has 0 atom stereocenters. The highest BCUT2D eigenvalue weighted by atomic mass is 35.5. The second-order valence-electron chi connectivity index (χ2n) is 11.0. The van der Waals surface area contributed by atoms with Crippen LogP contribution in [0.1, 0.15) is 79.9 Å². The summed E-state index contributed by atoms with van der Waals surface area (Å²) >= 11 is 12.0. The predicted molar refractivity (Wildman–Crippen MR) is 196 cm³/mol. The topological polar surface area (TPSA) is 145 Å². The first kappa shape index (κ1) is 38.0. The van der Waals surface area contributed by atoms with Crippen LogP contribution in [0.25, 0.3) is 21.8 Å². The molecular weight excluding hydrogens is 689 g/mol. The van der Waals surface area contributed by atoms with Crippen molar-refractivity contribution in [2.24, 2.45) is 0 Å². The molecule has 0 unspecified atom stereocenters. The zero-order valence-corrected chi connectivity index (χ0v) is 28.7. The van der Waals surface area contributed by atoms with Crippen LogP contribution in [0.15, 0.2) is 85.5 Å². The average Bonchev–Trinajstić information content (AvgIpc) is 3.13. The summed E-state index contributed by atoms with van der Waals surface area (Å²) in [6, 6.07) is 19.8. The predicted octanol–water partition coefficient (Wildman–Crippen LogP) is 8.42. The molecule has 6 aromatic rings. The molecule has 51 heavy (non-hydrogen) atoms. The smallest absolute Gasteiger partial charge is 0.340 e. The van der Waals surface area contributed by atoms with E-state index in [0.29, 0.717) is 68.3 Å². The Labute approximate surface area is 305 Å².